The zero-order valence-electron chi connectivity index (χ0n) is 13.5. The summed E-state index contributed by atoms with van der Waals surface area (Å²) < 4.78 is 0. The fourth-order valence-corrected chi connectivity index (χ4v) is 2.32. The van der Waals surface area contributed by atoms with Gasteiger partial charge in [0.15, 0.2) is 5.96 Å². The van der Waals surface area contributed by atoms with Crippen molar-refractivity contribution in [3.05, 3.63) is 66.0 Å². The van der Waals surface area contributed by atoms with Gasteiger partial charge in [-0.3, -0.25) is 9.98 Å². The smallest absolute Gasteiger partial charge is 0.188 e. The SMILES string of the molecule is CCC(CN=C(N)NCCc1ccccn1)c1ccccc1.I. The van der Waals surface area contributed by atoms with E-state index in [1.807, 2.05) is 24.3 Å². The molecule has 5 heteroatoms. The minimum atomic E-state index is 0. The summed E-state index contributed by atoms with van der Waals surface area (Å²) in [6.45, 7) is 3.63. The molecule has 1 aromatic heterocycles. The van der Waals surface area contributed by atoms with E-state index in [9.17, 15) is 0 Å². The fraction of sp³-hybridized carbons (Fsp3) is 0.333. The lowest BCUT2D eigenvalue weighted by Crippen LogP contribution is -2.33. The predicted octanol–water partition coefficient (Wildman–Crippen LogP) is 3.34. The van der Waals surface area contributed by atoms with Crippen molar-refractivity contribution in [2.24, 2.45) is 10.7 Å². The highest BCUT2D eigenvalue weighted by molar-refractivity contribution is 14.0. The van der Waals surface area contributed by atoms with Crippen LogP contribution in [0.4, 0.5) is 0 Å². The molecule has 0 spiro atoms. The van der Waals surface area contributed by atoms with E-state index >= 15 is 0 Å². The summed E-state index contributed by atoms with van der Waals surface area (Å²) in [6, 6.07) is 16.4. The van der Waals surface area contributed by atoms with Crippen LogP contribution in [0, 0.1) is 0 Å². The number of benzene rings is 1. The van der Waals surface area contributed by atoms with Crippen LogP contribution in [0.5, 0.6) is 0 Å². The summed E-state index contributed by atoms with van der Waals surface area (Å²) >= 11 is 0. The van der Waals surface area contributed by atoms with E-state index in [-0.39, 0.29) is 24.0 Å². The molecule has 23 heavy (non-hydrogen) atoms. The molecule has 1 unspecified atom stereocenters. The van der Waals surface area contributed by atoms with E-state index in [1.54, 1.807) is 6.20 Å². The van der Waals surface area contributed by atoms with Crippen molar-refractivity contribution in [3.8, 4) is 0 Å². The summed E-state index contributed by atoms with van der Waals surface area (Å²) in [7, 11) is 0. The minimum Gasteiger partial charge on any atom is -0.370 e. The van der Waals surface area contributed by atoms with Gasteiger partial charge in [-0.1, -0.05) is 43.3 Å². The molecule has 0 aliphatic rings. The topological polar surface area (TPSA) is 63.3 Å². The van der Waals surface area contributed by atoms with Gasteiger partial charge in [-0.2, -0.15) is 0 Å². The van der Waals surface area contributed by atoms with Crippen LogP contribution in [-0.4, -0.2) is 24.0 Å². The van der Waals surface area contributed by atoms with E-state index in [0.717, 1.165) is 25.1 Å². The predicted molar refractivity (Wildman–Crippen MR) is 107 cm³/mol. The number of aromatic nitrogens is 1. The number of rotatable bonds is 7. The van der Waals surface area contributed by atoms with Crippen molar-refractivity contribution in [3.63, 3.8) is 0 Å². The zero-order chi connectivity index (χ0) is 15.6. The molecule has 2 rings (SSSR count). The Balaban J connectivity index is 0.00000264. The van der Waals surface area contributed by atoms with Crippen LogP contribution in [0.1, 0.15) is 30.5 Å². The average molecular weight is 424 g/mol. The molecule has 4 nitrogen and oxygen atoms in total. The molecule has 124 valence electrons. The van der Waals surface area contributed by atoms with E-state index in [1.165, 1.54) is 5.56 Å². The van der Waals surface area contributed by atoms with Crippen molar-refractivity contribution in [1.82, 2.24) is 10.3 Å². The molecule has 0 amide bonds. The second-order valence-electron chi connectivity index (χ2n) is 5.24. The molecular weight excluding hydrogens is 399 g/mol. The largest absolute Gasteiger partial charge is 0.370 e. The van der Waals surface area contributed by atoms with E-state index in [4.69, 9.17) is 5.73 Å². The molecule has 2 aromatic rings. The molecule has 1 heterocycles. The Bertz CT molecular complexity index is 572. The highest BCUT2D eigenvalue weighted by atomic mass is 127. The van der Waals surface area contributed by atoms with Crippen LogP contribution in [0.3, 0.4) is 0 Å². The van der Waals surface area contributed by atoms with Crippen LogP contribution < -0.4 is 11.1 Å². The Labute approximate surface area is 155 Å². The second kappa shape index (κ2) is 11.0. The average Bonchev–Trinajstić information content (AvgIpc) is 2.57. The number of hydrogen-bond acceptors (Lipinski definition) is 2. The lowest BCUT2D eigenvalue weighted by Gasteiger charge is -2.13. The lowest BCUT2D eigenvalue weighted by atomic mass is 9.97. The first-order valence-corrected chi connectivity index (χ1v) is 7.78. The van der Waals surface area contributed by atoms with Crippen molar-refractivity contribution < 1.29 is 0 Å². The van der Waals surface area contributed by atoms with Gasteiger partial charge in [-0.15, -0.1) is 24.0 Å². The van der Waals surface area contributed by atoms with Crippen LogP contribution in [0.15, 0.2) is 59.7 Å². The molecule has 0 aliphatic heterocycles. The molecule has 0 saturated heterocycles. The molecule has 0 aliphatic carbocycles. The standard InChI is InChI=1S/C18H24N4.HI/c1-2-15(16-8-4-3-5-9-16)14-22-18(19)21-13-11-17-10-6-7-12-20-17;/h3-10,12,15H,2,11,13-14H2,1H3,(H3,19,21,22);1H. The van der Waals surface area contributed by atoms with Crippen LogP contribution >= 0.6 is 24.0 Å². The third kappa shape index (κ3) is 6.99. The van der Waals surface area contributed by atoms with Gasteiger partial charge < -0.3 is 11.1 Å². The number of nitrogens with zero attached hydrogens (tertiary/aromatic N) is 2. The van der Waals surface area contributed by atoms with Gasteiger partial charge in [0.05, 0.1) is 0 Å². The Morgan fingerprint density at radius 1 is 1.17 bits per heavy atom. The molecule has 0 saturated carbocycles. The number of hydrogen-bond donors (Lipinski definition) is 2. The summed E-state index contributed by atoms with van der Waals surface area (Å²) in [4.78, 5) is 8.75. The van der Waals surface area contributed by atoms with Crippen molar-refractivity contribution in [1.29, 1.82) is 0 Å². The van der Waals surface area contributed by atoms with Crippen LogP contribution in [0.2, 0.25) is 0 Å². The maximum atomic E-state index is 5.94. The van der Waals surface area contributed by atoms with Gasteiger partial charge in [-0.25, -0.2) is 0 Å². The minimum absolute atomic E-state index is 0. The van der Waals surface area contributed by atoms with Crippen molar-refractivity contribution in [2.45, 2.75) is 25.7 Å². The first-order valence-electron chi connectivity index (χ1n) is 7.78. The number of nitrogens with two attached hydrogens (primary N) is 1. The number of nitrogens with one attached hydrogen (secondary N) is 1. The van der Waals surface area contributed by atoms with Crippen LogP contribution in [-0.2, 0) is 6.42 Å². The molecule has 0 radical (unpaired) electrons. The summed E-state index contributed by atoms with van der Waals surface area (Å²) in [5, 5.41) is 3.15. The number of aliphatic imine (C=N–C) groups is 1. The number of halogens is 1. The summed E-state index contributed by atoms with van der Waals surface area (Å²) in [6.07, 6.45) is 3.69. The Morgan fingerprint density at radius 2 is 1.91 bits per heavy atom. The first-order chi connectivity index (χ1) is 10.8. The first kappa shape index (κ1) is 19.4. The maximum Gasteiger partial charge on any atom is 0.188 e. The van der Waals surface area contributed by atoms with Gasteiger partial charge in [0.1, 0.15) is 0 Å². The molecular formula is C18H25IN4. The number of pyridine rings is 1. The van der Waals surface area contributed by atoms with Gasteiger partial charge in [0.25, 0.3) is 0 Å². The molecule has 1 atom stereocenters. The molecule has 1 aromatic carbocycles. The Morgan fingerprint density at radius 3 is 2.57 bits per heavy atom. The monoisotopic (exact) mass is 424 g/mol. The fourth-order valence-electron chi connectivity index (χ4n) is 2.32. The van der Waals surface area contributed by atoms with Crippen LogP contribution in [0.25, 0.3) is 0 Å². The zero-order valence-corrected chi connectivity index (χ0v) is 15.8. The highest BCUT2D eigenvalue weighted by Gasteiger charge is 2.08. The van der Waals surface area contributed by atoms with Crippen molar-refractivity contribution >= 4 is 29.9 Å². The molecule has 3 N–H and O–H groups in total. The van der Waals surface area contributed by atoms with Gasteiger partial charge in [0, 0.05) is 37.3 Å². The third-order valence-electron chi connectivity index (χ3n) is 3.66. The Kier molecular flexibility index (Phi) is 9.28. The Hall–Kier alpha value is -1.63. The van der Waals surface area contributed by atoms with Gasteiger partial charge >= 0.3 is 0 Å². The second-order valence-corrected chi connectivity index (χ2v) is 5.24. The molecule has 0 fully saturated rings. The van der Waals surface area contributed by atoms with Crippen molar-refractivity contribution in [2.75, 3.05) is 13.1 Å². The van der Waals surface area contributed by atoms with Gasteiger partial charge in [0.2, 0.25) is 0 Å². The van der Waals surface area contributed by atoms with E-state index in [0.29, 0.717) is 18.4 Å². The van der Waals surface area contributed by atoms with Gasteiger partial charge in [-0.05, 0) is 24.1 Å². The third-order valence-corrected chi connectivity index (χ3v) is 3.66. The van der Waals surface area contributed by atoms with E-state index in [2.05, 4.69) is 46.5 Å². The molecule has 0 bridgehead atoms. The quantitative estimate of drug-likeness (QED) is 0.407. The maximum absolute atomic E-state index is 5.94. The highest BCUT2D eigenvalue weighted by Crippen LogP contribution is 2.19. The summed E-state index contributed by atoms with van der Waals surface area (Å²) in [5.41, 5.74) is 8.31. The lowest BCUT2D eigenvalue weighted by molar-refractivity contribution is 0.671. The number of guanidine groups is 1. The van der Waals surface area contributed by atoms with E-state index < -0.39 is 0 Å². The normalized spacial score (nSPS) is 12.3. The summed E-state index contributed by atoms with van der Waals surface area (Å²) in [5.74, 6) is 0.919.